The average Bonchev–Trinajstić information content (AvgIpc) is 2.79. The summed E-state index contributed by atoms with van der Waals surface area (Å²) in [5.41, 5.74) is 6.69. The summed E-state index contributed by atoms with van der Waals surface area (Å²) >= 11 is 0. The van der Waals surface area contributed by atoms with Crippen LogP contribution in [-0.2, 0) is 9.59 Å². The number of halogens is 4. The summed E-state index contributed by atoms with van der Waals surface area (Å²) in [5.74, 6) is -1.16. The van der Waals surface area contributed by atoms with Crippen LogP contribution in [0.2, 0.25) is 0 Å². The zero-order valence-corrected chi connectivity index (χ0v) is 13.6. The SMILES string of the molecule is Cl.NC(CC(=O)NC1CCN(CC(F)(F)F)C1=O)c1ccccc1. The topological polar surface area (TPSA) is 75.4 Å². The first-order chi connectivity index (χ1) is 10.8. The molecule has 1 saturated heterocycles. The van der Waals surface area contributed by atoms with Crippen molar-refractivity contribution in [3.05, 3.63) is 35.9 Å². The number of rotatable bonds is 5. The fourth-order valence-corrected chi connectivity index (χ4v) is 2.52. The minimum Gasteiger partial charge on any atom is -0.344 e. The molecule has 24 heavy (non-hydrogen) atoms. The molecular weight excluding hydrogens is 347 g/mol. The maximum atomic E-state index is 12.3. The van der Waals surface area contributed by atoms with E-state index in [1.165, 1.54) is 0 Å². The van der Waals surface area contributed by atoms with Crippen LogP contribution < -0.4 is 11.1 Å². The lowest BCUT2D eigenvalue weighted by Gasteiger charge is -2.19. The third-order valence-corrected chi connectivity index (χ3v) is 3.64. The Hall–Kier alpha value is -1.80. The van der Waals surface area contributed by atoms with Crippen LogP contribution >= 0.6 is 12.4 Å². The van der Waals surface area contributed by atoms with E-state index in [1.807, 2.05) is 6.07 Å². The van der Waals surface area contributed by atoms with Crippen LogP contribution in [-0.4, -0.2) is 42.0 Å². The molecule has 2 unspecified atom stereocenters. The van der Waals surface area contributed by atoms with Gasteiger partial charge in [0.25, 0.3) is 0 Å². The summed E-state index contributed by atoms with van der Waals surface area (Å²) in [6, 6.07) is 7.54. The number of nitrogens with two attached hydrogens (primary N) is 1. The van der Waals surface area contributed by atoms with E-state index in [2.05, 4.69) is 5.32 Å². The van der Waals surface area contributed by atoms with Gasteiger partial charge in [-0.2, -0.15) is 13.2 Å². The highest BCUT2D eigenvalue weighted by atomic mass is 35.5. The van der Waals surface area contributed by atoms with Gasteiger partial charge in [0.1, 0.15) is 12.6 Å². The van der Waals surface area contributed by atoms with Gasteiger partial charge in [0.15, 0.2) is 0 Å². The summed E-state index contributed by atoms with van der Waals surface area (Å²) < 4.78 is 37.0. The summed E-state index contributed by atoms with van der Waals surface area (Å²) in [6.07, 6.45) is -4.31. The molecule has 2 rings (SSSR count). The number of amides is 2. The number of benzene rings is 1. The Balaban J connectivity index is 0.00000288. The molecule has 9 heteroatoms. The smallest absolute Gasteiger partial charge is 0.344 e. The molecule has 1 fully saturated rings. The molecule has 0 spiro atoms. The number of hydrogen-bond acceptors (Lipinski definition) is 3. The molecule has 0 saturated carbocycles. The van der Waals surface area contributed by atoms with Gasteiger partial charge in [-0.1, -0.05) is 30.3 Å². The number of likely N-dealkylation sites (tertiary alicyclic amines) is 1. The highest BCUT2D eigenvalue weighted by Crippen LogP contribution is 2.21. The van der Waals surface area contributed by atoms with Gasteiger partial charge in [-0.3, -0.25) is 9.59 Å². The minimum atomic E-state index is -4.44. The molecule has 1 aromatic rings. The first-order valence-corrected chi connectivity index (χ1v) is 7.21. The summed E-state index contributed by atoms with van der Waals surface area (Å²) in [6.45, 7) is -1.31. The van der Waals surface area contributed by atoms with E-state index >= 15 is 0 Å². The minimum absolute atomic E-state index is 0. The monoisotopic (exact) mass is 365 g/mol. The van der Waals surface area contributed by atoms with Crippen molar-refractivity contribution in [3.63, 3.8) is 0 Å². The van der Waals surface area contributed by atoms with Gasteiger partial charge in [-0.15, -0.1) is 12.4 Å². The van der Waals surface area contributed by atoms with Gasteiger partial charge < -0.3 is 16.0 Å². The van der Waals surface area contributed by atoms with Crippen molar-refractivity contribution in [2.75, 3.05) is 13.1 Å². The average molecular weight is 366 g/mol. The number of carbonyl (C=O) groups excluding carboxylic acids is 2. The predicted molar refractivity (Wildman–Crippen MR) is 84.4 cm³/mol. The lowest BCUT2D eigenvalue weighted by atomic mass is 10.0. The van der Waals surface area contributed by atoms with Gasteiger partial charge in [0.2, 0.25) is 11.8 Å². The van der Waals surface area contributed by atoms with E-state index in [-0.39, 0.29) is 31.8 Å². The van der Waals surface area contributed by atoms with Crippen LogP contribution in [0.4, 0.5) is 13.2 Å². The Bertz CT molecular complexity index is 569. The second-order valence-electron chi connectivity index (χ2n) is 5.51. The van der Waals surface area contributed by atoms with Gasteiger partial charge in [0, 0.05) is 19.0 Å². The van der Waals surface area contributed by atoms with Gasteiger partial charge in [0.05, 0.1) is 0 Å². The highest BCUT2D eigenvalue weighted by Gasteiger charge is 2.39. The van der Waals surface area contributed by atoms with Crippen molar-refractivity contribution in [2.24, 2.45) is 5.73 Å². The molecule has 3 N–H and O–H groups in total. The van der Waals surface area contributed by atoms with E-state index in [0.29, 0.717) is 4.90 Å². The van der Waals surface area contributed by atoms with Crippen LogP contribution in [0, 0.1) is 0 Å². The third kappa shape index (κ3) is 5.68. The molecular formula is C15H19ClF3N3O2. The van der Waals surface area contributed by atoms with Crippen molar-refractivity contribution >= 4 is 24.2 Å². The number of nitrogens with zero attached hydrogens (tertiary/aromatic N) is 1. The lowest BCUT2D eigenvalue weighted by Crippen LogP contribution is -2.44. The Morgan fingerprint density at radius 1 is 1.33 bits per heavy atom. The van der Waals surface area contributed by atoms with Gasteiger partial charge >= 0.3 is 6.18 Å². The van der Waals surface area contributed by atoms with E-state index in [4.69, 9.17) is 5.73 Å². The Morgan fingerprint density at radius 2 is 1.96 bits per heavy atom. The molecule has 5 nitrogen and oxygen atoms in total. The molecule has 1 aliphatic rings. The first kappa shape index (κ1) is 20.2. The largest absolute Gasteiger partial charge is 0.406 e. The maximum Gasteiger partial charge on any atom is 0.406 e. The van der Waals surface area contributed by atoms with Crippen LogP contribution in [0.1, 0.15) is 24.4 Å². The number of nitrogens with one attached hydrogen (secondary N) is 1. The Kier molecular flexibility index (Phi) is 7.04. The van der Waals surface area contributed by atoms with E-state index in [9.17, 15) is 22.8 Å². The van der Waals surface area contributed by atoms with Crippen molar-refractivity contribution in [3.8, 4) is 0 Å². The standard InChI is InChI=1S/C15H18F3N3O2.ClH/c16-15(17,18)9-21-7-6-12(14(21)23)20-13(22)8-11(19)10-4-2-1-3-5-10;/h1-5,11-12H,6-9,19H2,(H,20,22);1H. The zero-order chi connectivity index (χ0) is 17.0. The van der Waals surface area contributed by atoms with Crippen LogP contribution in [0.25, 0.3) is 0 Å². The van der Waals surface area contributed by atoms with Crippen molar-refractivity contribution in [1.29, 1.82) is 0 Å². The van der Waals surface area contributed by atoms with Crippen LogP contribution in [0.3, 0.4) is 0 Å². The second kappa shape index (κ2) is 8.34. The third-order valence-electron chi connectivity index (χ3n) is 3.64. The quantitative estimate of drug-likeness (QED) is 0.835. The molecule has 1 aliphatic heterocycles. The van der Waals surface area contributed by atoms with Crippen molar-refractivity contribution in [2.45, 2.75) is 31.1 Å². The Labute approximate surface area is 143 Å². The van der Waals surface area contributed by atoms with E-state index in [1.54, 1.807) is 24.3 Å². The van der Waals surface area contributed by atoms with Gasteiger partial charge in [-0.05, 0) is 12.0 Å². The van der Waals surface area contributed by atoms with Gasteiger partial charge in [-0.25, -0.2) is 0 Å². The second-order valence-corrected chi connectivity index (χ2v) is 5.51. The fourth-order valence-electron chi connectivity index (χ4n) is 2.52. The van der Waals surface area contributed by atoms with Crippen LogP contribution in [0.5, 0.6) is 0 Å². The van der Waals surface area contributed by atoms with Crippen molar-refractivity contribution < 1.29 is 22.8 Å². The van der Waals surface area contributed by atoms with Crippen LogP contribution in [0.15, 0.2) is 30.3 Å². The molecule has 2 amide bonds. The van der Waals surface area contributed by atoms with Crippen molar-refractivity contribution in [1.82, 2.24) is 10.2 Å². The fraction of sp³-hybridized carbons (Fsp3) is 0.467. The first-order valence-electron chi connectivity index (χ1n) is 7.21. The lowest BCUT2D eigenvalue weighted by molar-refractivity contribution is -0.158. The maximum absolute atomic E-state index is 12.3. The summed E-state index contributed by atoms with van der Waals surface area (Å²) in [4.78, 5) is 24.5. The molecule has 0 aliphatic carbocycles. The zero-order valence-electron chi connectivity index (χ0n) is 12.8. The van der Waals surface area contributed by atoms with E-state index in [0.717, 1.165) is 5.56 Å². The van der Waals surface area contributed by atoms with E-state index < -0.39 is 36.6 Å². The molecule has 1 heterocycles. The molecule has 0 bridgehead atoms. The predicted octanol–water partition coefficient (Wildman–Crippen LogP) is 1.78. The number of hydrogen-bond donors (Lipinski definition) is 2. The molecule has 0 radical (unpaired) electrons. The molecule has 134 valence electrons. The number of alkyl halides is 3. The number of carbonyl (C=O) groups is 2. The molecule has 0 aromatic heterocycles. The molecule has 2 atom stereocenters. The molecule has 1 aromatic carbocycles. The highest BCUT2D eigenvalue weighted by molar-refractivity contribution is 5.89. The summed E-state index contributed by atoms with van der Waals surface area (Å²) in [7, 11) is 0. The Morgan fingerprint density at radius 3 is 2.54 bits per heavy atom. The summed E-state index contributed by atoms with van der Waals surface area (Å²) in [5, 5.41) is 2.47. The normalized spacial score (nSPS) is 18.9.